The van der Waals surface area contributed by atoms with Gasteiger partial charge in [-0.05, 0) is 49.1 Å². The van der Waals surface area contributed by atoms with Crippen molar-refractivity contribution in [2.75, 3.05) is 43.4 Å². The zero-order valence-corrected chi connectivity index (χ0v) is 21.8. The zero-order chi connectivity index (χ0) is 26.9. The third-order valence-electron chi connectivity index (χ3n) is 7.05. The van der Waals surface area contributed by atoms with Crippen LogP contribution in [-0.2, 0) is 16.4 Å². The second kappa shape index (κ2) is 10.4. The van der Waals surface area contributed by atoms with Gasteiger partial charge in [-0.25, -0.2) is 17.2 Å². The Hall–Kier alpha value is -3.38. The summed E-state index contributed by atoms with van der Waals surface area (Å²) in [6.07, 6.45) is 7.06. The summed E-state index contributed by atoms with van der Waals surface area (Å²) in [6.45, 7) is 3.54. The van der Waals surface area contributed by atoms with Gasteiger partial charge in [0.15, 0.2) is 0 Å². The van der Waals surface area contributed by atoms with Gasteiger partial charge in [0.25, 0.3) is 0 Å². The average molecular weight is 546 g/mol. The molecule has 0 amide bonds. The third-order valence-corrected chi connectivity index (χ3v) is 8.92. The monoisotopic (exact) mass is 545 g/mol. The molecule has 202 valence electrons. The second-order valence-electron chi connectivity index (χ2n) is 10.1. The van der Waals surface area contributed by atoms with E-state index in [2.05, 4.69) is 17.0 Å². The predicted molar refractivity (Wildman–Crippen MR) is 138 cm³/mol. The maximum atomic E-state index is 13.8. The van der Waals surface area contributed by atoms with E-state index >= 15 is 0 Å². The molecule has 0 spiro atoms. The van der Waals surface area contributed by atoms with E-state index in [0.29, 0.717) is 31.8 Å². The highest BCUT2D eigenvalue weighted by molar-refractivity contribution is 7.89. The van der Waals surface area contributed by atoms with Crippen molar-refractivity contribution in [1.82, 2.24) is 19.1 Å². The molecule has 0 bridgehead atoms. The van der Waals surface area contributed by atoms with E-state index in [1.807, 2.05) is 4.90 Å². The van der Waals surface area contributed by atoms with Gasteiger partial charge in [0.1, 0.15) is 17.3 Å². The van der Waals surface area contributed by atoms with Crippen molar-refractivity contribution in [3.63, 3.8) is 0 Å². The van der Waals surface area contributed by atoms with Gasteiger partial charge in [0, 0.05) is 50.1 Å². The van der Waals surface area contributed by atoms with Crippen LogP contribution in [0.1, 0.15) is 25.3 Å². The number of halogens is 2. The van der Waals surface area contributed by atoms with E-state index in [1.54, 1.807) is 24.5 Å². The van der Waals surface area contributed by atoms with Crippen LogP contribution in [0.25, 0.3) is 5.69 Å². The number of aromatic nitrogens is 3. The minimum atomic E-state index is -3.48. The number of rotatable bonds is 9. The zero-order valence-electron chi connectivity index (χ0n) is 21.0. The fourth-order valence-electron chi connectivity index (χ4n) is 4.37. The van der Waals surface area contributed by atoms with Crippen molar-refractivity contribution in [3.8, 4) is 11.4 Å². The maximum absolute atomic E-state index is 13.8. The van der Waals surface area contributed by atoms with Crippen molar-refractivity contribution >= 4 is 15.7 Å². The lowest BCUT2D eigenvalue weighted by Gasteiger charge is -2.35. The molecule has 38 heavy (non-hydrogen) atoms. The quantitative estimate of drug-likeness (QED) is 0.408. The molecule has 1 aliphatic heterocycles. The van der Waals surface area contributed by atoms with E-state index in [-0.39, 0.29) is 35.7 Å². The molecule has 3 aromatic rings. The molecule has 3 heterocycles. The first kappa shape index (κ1) is 26.2. The van der Waals surface area contributed by atoms with Gasteiger partial charge in [-0.3, -0.25) is 9.78 Å². The third kappa shape index (κ3) is 5.86. The fraction of sp³-hybridized carbons (Fsp3) is 0.423. The Labute approximate surface area is 219 Å². The van der Waals surface area contributed by atoms with Gasteiger partial charge in [0.05, 0.1) is 24.2 Å². The first-order valence-electron chi connectivity index (χ1n) is 12.5. The Morgan fingerprint density at radius 1 is 1.03 bits per heavy atom. The van der Waals surface area contributed by atoms with Crippen LogP contribution in [0.2, 0.25) is 0 Å². The van der Waals surface area contributed by atoms with Crippen LogP contribution < -0.4 is 15.2 Å². The summed E-state index contributed by atoms with van der Waals surface area (Å²) in [7, 11) is -3.48. The molecule has 1 saturated heterocycles. The number of aryl methyl sites for hydroxylation is 1. The number of sulfonamides is 1. The highest BCUT2D eigenvalue weighted by Gasteiger charge is 2.39. The maximum Gasteiger partial charge on any atom is 0.316 e. The van der Waals surface area contributed by atoms with Gasteiger partial charge >= 0.3 is 5.56 Å². The molecule has 2 fully saturated rings. The molecule has 2 aliphatic rings. The Morgan fingerprint density at radius 3 is 2.32 bits per heavy atom. The number of ether oxygens (including phenoxy) is 1. The largest absolute Gasteiger partial charge is 0.486 e. The molecule has 2 aromatic heterocycles. The second-order valence-corrected chi connectivity index (χ2v) is 12.2. The standard InChI is InChI=1S/C26H29F2N5O4S/c1-26(5-6-26)18-37-24-23(17-30-33(25(24)34)22-15-20(27)14-21(28)16-22)31-9-11-32(12-10-31)38(35,36)13-4-19-2-7-29-8-3-19/h2-3,7-8,14-17H,4-6,9-13,18H2,1H3. The molecule has 0 radical (unpaired) electrons. The number of hydrogen-bond acceptors (Lipinski definition) is 7. The van der Waals surface area contributed by atoms with E-state index in [9.17, 15) is 22.0 Å². The topological polar surface area (TPSA) is 97.6 Å². The highest BCUT2D eigenvalue weighted by atomic mass is 32.2. The number of benzene rings is 1. The lowest BCUT2D eigenvalue weighted by molar-refractivity contribution is 0.242. The molecule has 1 aromatic carbocycles. The minimum absolute atomic E-state index is 0.00818. The normalized spacial score (nSPS) is 17.4. The Kier molecular flexibility index (Phi) is 7.19. The summed E-state index contributed by atoms with van der Waals surface area (Å²) in [4.78, 5) is 19.2. The molecule has 9 nitrogen and oxygen atoms in total. The Morgan fingerprint density at radius 2 is 1.68 bits per heavy atom. The van der Waals surface area contributed by atoms with E-state index in [4.69, 9.17) is 4.74 Å². The van der Waals surface area contributed by atoms with E-state index in [0.717, 1.165) is 41.3 Å². The molecule has 0 atom stereocenters. The number of pyridine rings is 1. The molecular formula is C26H29F2N5O4S. The van der Waals surface area contributed by atoms with Gasteiger partial charge in [-0.2, -0.15) is 14.1 Å². The molecule has 1 aliphatic carbocycles. The van der Waals surface area contributed by atoms with Gasteiger partial charge in [-0.15, -0.1) is 0 Å². The summed E-state index contributed by atoms with van der Waals surface area (Å²) in [5.74, 6) is -1.63. The molecule has 0 unspecified atom stereocenters. The minimum Gasteiger partial charge on any atom is -0.486 e. The lowest BCUT2D eigenvalue weighted by atomic mass is 10.2. The molecule has 5 rings (SSSR count). The van der Waals surface area contributed by atoms with Gasteiger partial charge in [0.2, 0.25) is 15.8 Å². The van der Waals surface area contributed by atoms with Crippen molar-refractivity contribution in [3.05, 3.63) is 76.5 Å². The van der Waals surface area contributed by atoms with Crippen molar-refractivity contribution in [2.45, 2.75) is 26.2 Å². The number of anilines is 1. The van der Waals surface area contributed by atoms with Crippen LogP contribution >= 0.6 is 0 Å². The van der Waals surface area contributed by atoms with Crippen molar-refractivity contribution in [1.29, 1.82) is 0 Å². The number of hydrogen-bond donors (Lipinski definition) is 0. The van der Waals surface area contributed by atoms with E-state index < -0.39 is 27.2 Å². The lowest BCUT2D eigenvalue weighted by Crippen LogP contribution is -2.50. The fourth-order valence-corrected chi connectivity index (χ4v) is 5.84. The first-order valence-corrected chi connectivity index (χ1v) is 14.1. The van der Waals surface area contributed by atoms with Crippen LogP contribution in [0.3, 0.4) is 0 Å². The number of nitrogens with zero attached hydrogens (tertiary/aromatic N) is 5. The first-order chi connectivity index (χ1) is 18.1. The molecule has 0 N–H and O–H groups in total. The van der Waals surface area contributed by atoms with Crippen LogP contribution in [-0.4, -0.2) is 66.0 Å². The number of piperazine rings is 1. The molecule has 1 saturated carbocycles. The molecular weight excluding hydrogens is 516 g/mol. The Balaban J connectivity index is 1.35. The highest BCUT2D eigenvalue weighted by Crippen LogP contribution is 2.45. The Bertz CT molecular complexity index is 1450. The van der Waals surface area contributed by atoms with Gasteiger partial charge < -0.3 is 9.64 Å². The van der Waals surface area contributed by atoms with Crippen LogP contribution in [0, 0.1) is 17.0 Å². The van der Waals surface area contributed by atoms with Crippen molar-refractivity contribution in [2.24, 2.45) is 5.41 Å². The average Bonchev–Trinajstić information content (AvgIpc) is 3.64. The smallest absolute Gasteiger partial charge is 0.316 e. The van der Waals surface area contributed by atoms with Crippen LogP contribution in [0.4, 0.5) is 14.5 Å². The van der Waals surface area contributed by atoms with Crippen LogP contribution in [0.15, 0.2) is 53.7 Å². The predicted octanol–water partition coefficient (Wildman–Crippen LogP) is 2.78. The molecule has 12 heteroatoms. The van der Waals surface area contributed by atoms with Crippen molar-refractivity contribution < 1.29 is 21.9 Å². The summed E-state index contributed by atoms with van der Waals surface area (Å²) in [5, 5.41) is 4.17. The van der Waals surface area contributed by atoms with Gasteiger partial charge in [-0.1, -0.05) is 6.92 Å². The van der Waals surface area contributed by atoms with Crippen LogP contribution in [0.5, 0.6) is 5.75 Å². The summed E-state index contributed by atoms with van der Waals surface area (Å²) in [5.41, 5.74) is 0.625. The summed E-state index contributed by atoms with van der Waals surface area (Å²) < 4.78 is 61.9. The summed E-state index contributed by atoms with van der Waals surface area (Å²) >= 11 is 0. The van der Waals surface area contributed by atoms with E-state index in [1.165, 1.54) is 10.5 Å². The summed E-state index contributed by atoms with van der Waals surface area (Å²) in [6, 6.07) is 6.37. The SMILES string of the molecule is CC1(COc2c(N3CCN(S(=O)(=O)CCc4ccncc4)CC3)cnn(-c3cc(F)cc(F)c3)c2=O)CC1.